The Hall–Kier alpha value is -2.27. The minimum atomic E-state index is -0.195. The number of nitrogens with one attached hydrogen (secondary N) is 2. The molecule has 1 fully saturated rings. The van der Waals surface area contributed by atoms with E-state index in [0.29, 0.717) is 13.1 Å². The molecule has 5 nitrogen and oxygen atoms in total. The van der Waals surface area contributed by atoms with Crippen LogP contribution in [-0.4, -0.2) is 31.4 Å². The number of benzene rings is 2. The van der Waals surface area contributed by atoms with Crippen LogP contribution < -0.4 is 15.4 Å². The van der Waals surface area contributed by atoms with Crippen molar-refractivity contribution >= 4 is 16.8 Å². The summed E-state index contributed by atoms with van der Waals surface area (Å²) in [5, 5.41) is 17.1. The van der Waals surface area contributed by atoms with E-state index in [1.807, 2.05) is 30.3 Å². The summed E-state index contributed by atoms with van der Waals surface area (Å²) in [6.45, 7) is 1.15. The number of urea groups is 1. The third-order valence-corrected chi connectivity index (χ3v) is 4.48. The highest BCUT2D eigenvalue weighted by Gasteiger charge is 2.42. The van der Waals surface area contributed by atoms with Crippen molar-refractivity contribution in [3.8, 4) is 5.75 Å². The van der Waals surface area contributed by atoms with Crippen LogP contribution in [0.1, 0.15) is 18.4 Å². The molecule has 1 aliphatic rings. The van der Waals surface area contributed by atoms with E-state index in [-0.39, 0.29) is 18.1 Å². The molecule has 1 aliphatic carbocycles. The number of fused-ring (bicyclic) bond motifs is 1. The molecule has 1 saturated carbocycles. The van der Waals surface area contributed by atoms with Gasteiger partial charge in [0.1, 0.15) is 5.75 Å². The molecule has 0 unspecified atom stereocenters. The van der Waals surface area contributed by atoms with Gasteiger partial charge in [-0.1, -0.05) is 18.2 Å². The van der Waals surface area contributed by atoms with Crippen LogP contribution >= 0.6 is 0 Å². The van der Waals surface area contributed by atoms with Crippen LogP contribution in [0.25, 0.3) is 10.8 Å². The first-order valence-corrected chi connectivity index (χ1v) is 7.83. The molecule has 23 heavy (non-hydrogen) atoms. The molecular formula is C18H22N2O3. The van der Waals surface area contributed by atoms with Gasteiger partial charge >= 0.3 is 6.03 Å². The molecule has 0 spiro atoms. The second-order valence-electron chi connectivity index (χ2n) is 6.24. The molecule has 3 rings (SSSR count). The molecular weight excluding hydrogens is 292 g/mol. The van der Waals surface area contributed by atoms with Crippen molar-refractivity contribution in [2.75, 3.05) is 20.3 Å². The third-order valence-electron chi connectivity index (χ3n) is 4.48. The molecule has 122 valence electrons. The number of carbonyl (C=O) groups excluding carboxylic acids is 1. The first-order valence-electron chi connectivity index (χ1n) is 7.83. The van der Waals surface area contributed by atoms with Crippen molar-refractivity contribution in [3.05, 3.63) is 42.0 Å². The fourth-order valence-electron chi connectivity index (χ4n) is 2.59. The zero-order valence-electron chi connectivity index (χ0n) is 13.3. The Bertz CT molecular complexity index is 710. The maximum Gasteiger partial charge on any atom is 0.315 e. The maximum absolute atomic E-state index is 11.8. The van der Waals surface area contributed by atoms with Crippen molar-refractivity contribution in [1.29, 1.82) is 0 Å². The number of aliphatic hydroxyl groups is 1. The van der Waals surface area contributed by atoms with Gasteiger partial charge in [0, 0.05) is 18.5 Å². The smallest absolute Gasteiger partial charge is 0.315 e. The van der Waals surface area contributed by atoms with Gasteiger partial charge in [-0.2, -0.15) is 0 Å². The average molecular weight is 314 g/mol. The highest BCUT2D eigenvalue weighted by molar-refractivity contribution is 5.84. The van der Waals surface area contributed by atoms with Crippen molar-refractivity contribution in [1.82, 2.24) is 10.6 Å². The molecule has 5 heteroatoms. The largest absolute Gasteiger partial charge is 0.497 e. The Balaban J connectivity index is 1.55. The van der Waals surface area contributed by atoms with Gasteiger partial charge in [-0.05, 0) is 47.4 Å². The van der Waals surface area contributed by atoms with Gasteiger partial charge < -0.3 is 20.5 Å². The van der Waals surface area contributed by atoms with Gasteiger partial charge in [0.15, 0.2) is 0 Å². The van der Waals surface area contributed by atoms with Crippen LogP contribution in [-0.2, 0) is 6.54 Å². The molecule has 0 radical (unpaired) electrons. The molecule has 2 aromatic rings. The average Bonchev–Trinajstić information content (AvgIpc) is 3.38. The summed E-state index contributed by atoms with van der Waals surface area (Å²) in [6, 6.07) is 11.8. The van der Waals surface area contributed by atoms with Gasteiger partial charge in [-0.3, -0.25) is 0 Å². The van der Waals surface area contributed by atoms with Gasteiger partial charge in [0.25, 0.3) is 0 Å². The lowest BCUT2D eigenvalue weighted by atomic mass is 10.1. The number of hydrogen-bond acceptors (Lipinski definition) is 3. The van der Waals surface area contributed by atoms with E-state index in [1.165, 1.54) is 0 Å². The highest BCUT2D eigenvalue weighted by atomic mass is 16.5. The molecule has 2 aromatic carbocycles. The normalized spacial score (nSPS) is 15.2. The fourth-order valence-corrected chi connectivity index (χ4v) is 2.59. The summed E-state index contributed by atoms with van der Waals surface area (Å²) < 4.78 is 5.22. The molecule has 0 aliphatic heterocycles. The van der Waals surface area contributed by atoms with Crippen molar-refractivity contribution in [2.45, 2.75) is 19.4 Å². The first kappa shape index (κ1) is 15.6. The Morgan fingerprint density at radius 1 is 1.17 bits per heavy atom. The molecule has 2 amide bonds. The Morgan fingerprint density at radius 3 is 2.61 bits per heavy atom. The second-order valence-corrected chi connectivity index (χ2v) is 6.24. The SMILES string of the molecule is COc1ccc2cc(CNC(=O)NCC3(CO)CC3)ccc2c1. The zero-order chi connectivity index (χ0) is 16.3. The molecule has 0 atom stereocenters. The van der Waals surface area contributed by atoms with Gasteiger partial charge in [0.2, 0.25) is 0 Å². The van der Waals surface area contributed by atoms with Gasteiger partial charge in [-0.15, -0.1) is 0 Å². The Kier molecular flexibility index (Phi) is 4.39. The molecule has 0 heterocycles. The molecule has 3 N–H and O–H groups in total. The summed E-state index contributed by atoms with van der Waals surface area (Å²) in [7, 11) is 1.65. The predicted octanol–water partition coefficient (Wildman–Crippen LogP) is 2.42. The van der Waals surface area contributed by atoms with Crippen molar-refractivity contribution in [3.63, 3.8) is 0 Å². The van der Waals surface area contributed by atoms with Crippen LogP contribution in [0.3, 0.4) is 0 Å². The van der Waals surface area contributed by atoms with E-state index in [0.717, 1.165) is 34.9 Å². The number of rotatable bonds is 6. The quantitative estimate of drug-likeness (QED) is 0.767. The first-order chi connectivity index (χ1) is 11.1. The number of ether oxygens (including phenoxy) is 1. The molecule has 0 saturated heterocycles. The zero-order valence-corrected chi connectivity index (χ0v) is 13.3. The van der Waals surface area contributed by atoms with E-state index in [9.17, 15) is 9.90 Å². The lowest BCUT2D eigenvalue weighted by molar-refractivity contribution is 0.203. The van der Waals surface area contributed by atoms with Crippen LogP contribution in [0.4, 0.5) is 4.79 Å². The lowest BCUT2D eigenvalue weighted by Crippen LogP contribution is -2.39. The van der Waals surface area contributed by atoms with E-state index in [1.54, 1.807) is 7.11 Å². The number of hydrogen-bond donors (Lipinski definition) is 3. The fraction of sp³-hybridized carbons (Fsp3) is 0.389. The standard InChI is InChI=1S/C18H22N2O3/c1-23-16-5-4-14-8-13(2-3-15(14)9-16)10-19-17(22)20-11-18(12-21)6-7-18/h2-5,8-9,21H,6-7,10-12H2,1H3,(H2,19,20,22). The van der Waals surface area contributed by atoms with Crippen LogP contribution in [0.15, 0.2) is 36.4 Å². The van der Waals surface area contributed by atoms with Gasteiger partial charge in [0.05, 0.1) is 13.7 Å². The molecule has 0 bridgehead atoms. The van der Waals surface area contributed by atoms with E-state index in [4.69, 9.17) is 4.74 Å². The Labute approximate surface area is 135 Å². The highest BCUT2D eigenvalue weighted by Crippen LogP contribution is 2.44. The predicted molar refractivity (Wildman–Crippen MR) is 89.5 cm³/mol. The summed E-state index contributed by atoms with van der Waals surface area (Å²) in [6.07, 6.45) is 1.97. The topological polar surface area (TPSA) is 70.6 Å². The summed E-state index contributed by atoms with van der Waals surface area (Å²) >= 11 is 0. The van der Waals surface area contributed by atoms with Gasteiger partial charge in [-0.25, -0.2) is 4.79 Å². The van der Waals surface area contributed by atoms with E-state index >= 15 is 0 Å². The maximum atomic E-state index is 11.8. The van der Waals surface area contributed by atoms with Crippen LogP contribution in [0.2, 0.25) is 0 Å². The van der Waals surface area contributed by atoms with Crippen molar-refractivity contribution < 1.29 is 14.6 Å². The summed E-state index contributed by atoms with van der Waals surface area (Å²) in [4.78, 5) is 11.8. The number of aliphatic hydroxyl groups excluding tert-OH is 1. The number of methoxy groups -OCH3 is 1. The van der Waals surface area contributed by atoms with E-state index < -0.39 is 0 Å². The number of carbonyl (C=O) groups is 1. The minimum Gasteiger partial charge on any atom is -0.497 e. The Morgan fingerprint density at radius 2 is 1.91 bits per heavy atom. The number of amides is 2. The third kappa shape index (κ3) is 3.74. The monoisotopic (exact) mass is 314 g/mol. The second kappa shape index (κ2) is 6.46. The van der Waals surface area contributed by atoms with E-state index in [2.05, 4.69) is 16.7 Å². The molecule has 0 aromatic heterocycles. The summed E-state index contributed by atoms with van der Waals surface area (Å²) in [5.74, 6) is 0.834. The summed E-state index contributed by atoms with van der Waals surface area (Å²) in [5.41, 5.74) is 0.973. The minimum absolute atomic E-state index is 0.0701. The van der Waals surface area contributed by atoms with Crippen LogP contribution in [0.5, 0.6) is 5.75 Å². The lowest BCUT2D eigenvalue weighted by Gasteiger charge is -2.13. The van der Waals surface area contributed by atoms with Crippen molar-refractivity contribution in [2.24, 2.45) is 5.41 Å². The van der Waals surface area contributed by atoms with Crippen LogP contribution in [0, 0.1) is 5.41 Å².